The number of nitrogens with zero attached hydrogens (tertiary/aromatic N) is 3. The first-order valence-corrected chi connectivity index (χ1v) is 4.02. The molecule has 2 heterocycles. The fourth-order valence-electron chi connectivity index (χ4n) is 1.60. The Morgan fingerprint density at radius 2 is 2.36 bits per heavy atom. The van der Waals surface area contributed by atoms with Gasteiger partial charge in [-0.15, -0.1) is 0 Å². The smallest absolute Gasteiger partial charge is 0.134 e. The number of fused-ring (bicyclic) bond motifs is 1. The van der Waals surface area contributed by atoms with Gasteiger partial charge in [-0.2, -0.15) is 5.01 Å². The van der Waals surface area contributed by atoms with Crippen LogP contribution in [-0.4, -0.2) is 48.6 Å². The van der Waals surface area contributed by atoms with Crippen molar-refractivity contribution in [2.75, 3.05) is 26.7 Å². The zero-order valence-electron chi connectivity index (χ0n) is 7.04. The SMILES string of the molecule is CC1=NC2CN(C)CCN2N1. The van der Waals surface area contributed by atoms with E-state index in [0.29, 0.717) is 6.17 Å². The van der Waals surface area contributed by atoms with Crippen molar-refractivity contribution in [3.63, 3.8) is 0 Å². The fourth-order valence-corrected chi connectivity index (χ4v) is 1.60. The lowest BCUT2D eigenvalue weighted by atomic mass is 10.3. The predicted molar refractivity (Wildman–Crippen MR) is 44.2 cm³/mol. The lowest BCUT2D eigenvalue weighted by molar-refractivity contribution is 0.0875. The first-order chi connectivity index (χ1) is 5.25. The van der Waals surface area contributed by atoms with Crippen LogP contribution in [0.5, 0.6) is 0 Å². The number of piperazine rings is 1. The van der Waals surface area contributed by atoms with Crippen LogP contribution in [0.25, 0.3) is 0 Å². The third-order valence-electron chi connectivity index (χ3n) is 2.21. The van der Waals surface area contributed by atoms with Crippen molar-refractivity contribution in [1.82, 2.24) is 15.3 Å². The average molecular weight is 154 g/mol. The van der Waals surface area contributed by atoms with Gasteiger partial charge < -0.3 is 10.3 Å². The standard InChI is InChI=1S/C7H14N4/c1-6-8-7-5-10(2)3-4-11(7)9-6/h7H,3-5H2,1-2H3,(H,8,9). The molecule has 0 aromatic carbocycles. The van der Waals surface area contributed by atoms with Crippen LogP contribution < -0.4 is 5.43 Å². The van der Waals surface area contributed by atoms with Crippen LogP contribution in [0.15, 0.2) is 4.99 Å². The molecule has 1 atom stereocenters. The topological polar surface area (TPSA) is 30.9 Å². The summed E-state index contributed by atoms with van der Waals surface area (Å²) in [5, 5.41) is 2.20. The van der Waals surface area contributed by atoms with Gasteiger partial charge in [0.2, 0.25) is 0 Å². The fraction of sp³-hybridized carbons (Fsp3) is 0.857. The van der Waals surface area contributed by atoms with Crippen molar-refractivity contribution in [2.45, 2.75) is 13.1 Å². The molecule has 4 heteroatoms. The summed E-state index contributed by atoms with van der Waals surface area (Å²) < 4.78 is 0. The molecule has 1 unspecified atom stereocenters. The molecule has 0 radical (unpaired) electrons. The molecule has 0 bridgehead atoms. The highest BCUT2D eigenvalue weighted by molar-refractivity contribution is 5.80. The van der Waals surface area contributed by atoms with Crippen molar-refractivity contribution in [3.05, 3.63) is 0 Å². The molecule has 2 rings (SSSR count). The molecule has 62 valence electrons. The molecule has 2 aliphatic heterocycles. The van der Waals surface area contributed by atoms with Crippen LogP contribution in [0.3, 0.4) is 0 Å². The van der Waals surface area contributed by atoms with E-state index in [-0.39, 0.29) is 0 Å². The number of hydrogen-bond donors (Lipinski definition) is 1. The van der Waals surface area contributed by atoms with Crippen molar-refractivity contribution in [3.8, 4) is 0 Å². The van der Waals surface area contributed by atoms with E-state index in [4.69, 9.17) is 0 Å². The molecule has 1 saturated heterocycles. The Kier molecular flexibility index (Phi) is 1.58. The van der Waals surface area contributed by atoms with E-state index in [2.05, 4.69) is 27.4 Å². The number of hydrazine groups is 1. The first kappa shape index (κ1) is 7.06. The minimum Gasteiger partial charge on any atom is -0.305 e. The Morgan fingerprint density at radius 3 is 3.18 bits per heavy atom. The molecule has 0 saturated carbocycles. The quantitative estimate of drug-likeness (QED) is 0.510. The van der Waals surface area contributed by atoms with Crippen LogP contribution in [0.2, 0.25) is 0 Å². The predicted octanol–water partition coefficient (Wildman–Crippen LogP) is -0.503. The molecule has 0 spiro atoms. The maximum Gasteiger partial charge on any atom is 0.134 e. The Labute approximate surface area is 66.9 Å². The van der Waals surface area contributed by atoms with E-state index in [1.807, 2.05) is 6.92 Å². The van der Waals surface area contributed by atoms with Crippen molar-refractivity contribution in [1.29, 1.82) is 0 Å². The summed E-state index contributed by atoms with van der Waals surface area (Å²) in [5.41, 5.74) is 3.23. The normalized spacial score (nSPS) is 32.9. The van der Waals surface area contributed by atoms with Crippen LogP contribution in [0.4, 0.5) is 0 Å². The maximum atomic E-state index is 4.45. The van der Waals surface area contributed by atoms with E-state index in [9.17, 15) is 0 Å². The Bertz CT molecular complexity index is 189. The summed E-state index contributed by atoms with van der Waals surface area (Å²) in [7, 11) is 2.14. The second-order valence-corrected chi connectivity index (χ2v) is 3.26. The molecule has 4 nitrogen and oxygen atoms in total. The Morgan fingerprint density at radius 1 is 1.55 bits per heavy atom. The highest BCUT2D eigenvalue weighted by Crippen LogP contribution is 2.11. The molecule has 0 aromatic rings. The minimum atomic E-state index is 0.355. The summed E-state index contributed by atoms with van der Waals surface area (Å²) in [6, 6.07) is 0. The number of nitrogens with one attached hydrogen (secondary N) is 1. The summed E-state index contributed by atoms with van der Waals surface area (Å²) >= 11 is 0. The largest absolute Gasteiger partial charge is 0.305 e. The molecule has 0 amide bonds. The molecule has 1 fully saturated rings. The summed E-state index contributed by atoms with van der Waals surface area (Å²) in [6.07, 6.45) is 0.355. The molecule has 2 aliphatic rings. The molecule has 1 N–H and O–H groups in total. The van der Waals surface area contributed by atoms with Crippen molar-refractivity contribution in [2.24, 2.45) is 4.99 Å². The monoisotopic (exact) mass is 154 g/mol. The van der Waals surface area contributed by atoms with E-state index < -0.39 is 0 Å². The van der Waals surface area contributed by atoms with Crippen molar-refractivity contribution >= 4 is 5.84 Å². The van der Waals surface area contributed by atoms with Gasteiger partial charge in [0, 0.05) is 19.6 Å². The van der Waals surface area contributed by atoms with Gasteiger partial charge in [0.25, 0.3) is 0 Å². The van der Waals surface area contributed by atoms with Gasteiger partial charge in [0.15, 0.2) is 0 Å². The first-order valence-electron chi connectivity index (χ1n) is 4.02. The number of amidine groups is 1. The zero-order chi connectivity index (χ0) is 7.84. The summed E-state index contributed by atoms with van der Waals surface area (Å²) in [4.78, 5) is 6.76. The van der Waals surface area contributed by atoms with Gasteiger partial charge >= 0.3 is 0 Å². The van der Waals surface area contributed by atoms with Gasteiger partial charge in [-0.25, -0.2) is 4.99 Å². The van der Waals surface area contributed by atoms with Gasteiger partial charge in [-0.05, 0) is 14.0 Å². The highest BCUT2D eigenvalue weighted by Gasteiger charge is 2.28. The maximum absolute atomic E-state index is 4.45. The second kappa shape index (κ2) is 2.46. The zero-order valence-corrected chi connectivity index (χ0v) is 7.04. The lowest BCUT2D eigenvalue weighted by Gasteiger charge is -2.33. The minimum absolute atomic E-state index is 0.355. The molecule has 11 heavy (non-hydrogen) atoms. The lowest BCUT2D eigenvalue weighted by Crippen LogP contribution is -2.53. The van der Waals surface area contributed by atoms with Gasteiger partial charge in [0.1, 0.15) is 12.0 Å². The van der Waals surface area contributed by atoms with E-state index in [0.717, 1.165) is 25.5 Å². The van der Waals surface area contributed by atoms with Gasteiger partial charge in [0.05, 0.1) is 0 Å². The third-order valence-corrected chi connectivity index (χ3v) is 2.21. The van der Waals surface area contributed by atoms with Crippen LogP contribution in [-0.2, 0) is 0 Å². The van der Waals surface area contributed by atoms with Crippen molar-refractivity contribution < 1.29 is 0 Å². The van der Waals surface area contributed by atoms with Crippen LogP contribution in [0, 0.1) is 0 Å². The Balaban J connectivity index is 2.05. The second-order valence-electron chi connectivity index (χ2n) is 3.26. The number of hydrogen-bond acceptors (Lipinski definition) is 4. The molecular formula is C7H14N4. The highest BCUT2D eigenvalue weighted by atomic mass is 15.6. The molecular weight excluding hydrogens is 140 g/mol. The number of likely N-dealkylation sites (N-methyl/N-ethyl adjacent to an activating group) is 1. The van der Waals surface area contributed by atoms with Gasteiger partial charge in [-0.1, -0.05) is 0 Å². The van der Waals surface area contributed by atoms with E-state index in [1.165, 1.54) is 0 Å². The number of aliphatic imine (C=N–C) groups is 1. The average Bonchev–Trinajstić information content (AvgIpc) is 2.27. The van der Waals surface area contributed by atoms with E-state index >= 15 is 0 Å². The summed E-state index contributed by atoms with van der Waals surface area (Å²) in [6.45, 7) is 5.26. The third kappa shape index (κ3) is 1.23. The molecule has 0 aliphatic carbocycles. The Hall–Kier alpha value is -0.610. The van der Waals surface area contributed by atoms with E-state index in [1.54, 1.807) is 0 Å². The number of rotatable bonds is 0. The van der Waals surface area contributed by atoms with Crippen LogP contribution in [0.1, 0.15) is 6.92 Å². The van der Waals surface area contributed by atoms with Crippen LogP contribution >= 0.6 is 0 Å². The van der Waals surface area contributed by atoms with Gasteiger partial charge in [-0.3, -0.25) is 0 Å². The summed E-state index contributed by atoms with van der Waals surface area (Å²) in [5.74, 6) is 1.05. The molecule has 0 aromatic heterocycles.